The molecule has 1 N–H and O–H groups in total. The zero-order chi connectivity index (χ0) is 20.0. The first-order valence-corrected chi connectivity index (χ1v) is 9.56. The number of carbonyl (C=O) groups is 1. The van der Waals surface area contributed by atoms with Gasteiger partial charge in [-0.2, -0.15) is 0 Å². The molecule has 10 heteroatoms. The third kappa shape index (κ3) is 4.97. The first-order valence-electron chi connectivity index (χ1n) is 8.57. The lowest BCUT2D eigenvalue weighted by Crippen LogP contribution is -2.37. The van der Waals surface area contributed by atoms with Gasteiger partial charge < -0.3 is 14.3 Å². The van der Waals surface area contributed by atoms with Gasteiger partial charge in [0.2, 0.25) is 11.8 Å². The Morgan fingerprint density at radius 3 is 2.67 bits per heavy atom. The molecule has 0 aliphatic rings. The number of aryl methyl sites for hydroxylation is 1. The lowest BCUT2D eigenvalue weighted by atomic mass is 10.1. The maximum Gasteiger partial charge on any atom is 0.328 e. The average Bonchev–Trinajstić information content (AvgIpc) is 3.09. The number of rotatable bonds is 9. The highest BCUT2D eigenvalue weighted by Gasteiger charge is 2.17. The minimum atomic E-state index is -0.488. The standard InChI is InChI=1S/C17H23N5O4S/c1-5-8-22-15(24)12(11(4)18-16(22)25)9-13-19-20-17(26-13)27-10-14(23)21(6-2)7-3/h5H,1,6-10H2,2-4H3,(H,18,25). The normalized spacial score (nSPS) is 10.8. The Balaban J connectivity index is 2.13. The van der Waals surface area contributed by atoms with E-state index >= 15 is 0 Å². The Bertz CT molecular complexity index is 926. The summed E-state index contributed by atoms with van der Waals surface area (Å²) < 4.78 is 6.59. The van der Waals surface area contributed by atoms with E-state index in [0.717, 1.165) is 16.3 Å². The SMILES string of the molecule is C=CCn1c(=O)[nH]c(C)c(Cc2nnc(SCC(=O)N(CC)CC)o2)c1=O. The molecule has 0 aromatic carbocycles. The molecular formula is C17H23N5O4S. The van der Waals surface area contributed by atoms with Crippen LogP contribution in [0.4, 0.5) is 0 Å². The summed E-state index contributed by atoms with van der Waals surface area (Å²) in [5.74, 6) is 0.436. The fourth-order valence-electron chi connectivity index (χ4n) is 2.53. The van der Waals surface area contributed by atoms with Crippen LogP contribution >= 0.6 is 11.8 Å². The van der Waals surface area contributed by atoms with Gasteiger partial charge in [-0.15, -0.1) is 16.8 Å². The Kier molecular flexibility index (Phi) is 7.17. The molecule has 0 bridgehead atoms. The van der Waals surface area contributed by atoms with Gasteiger partial charge in [-0.05, 0) is 20.8 Å². The Morgan fingerprint density at radius 2 is 2.04 bits per heavy atom. The van der Waals surface area contributed by atoms with Gasteiger partial charge in [-0.3, -0.25) is 14.2 Å². The molecule has 27 heavy (non-hydrogen) atoms. The number of carbonyl (C=O) groups excluding carboxylic acids is 1. The highest BCUT2D eigenvalue weighted by atomic mass is 32.2. The predicted octanol–water partition coefficient (Wildman–Crippen LogP) is 0.965. The Labute approximate surface area is 160 Å². The number of amides is 1. The maximum absolute atomic E-state index is 12.5. The van der Waals surface area contributed by atoms with Crippen LogP contribution in [-0.4, -0.2) is 49.4 Å². The van der Waals surface area contributed by atoms with Crippen molar-refractivity contribution in [2.24, 2.45) is 0 Å². The topological polar surface area (TPSA) is 114 Å². The fourth-order valence-corrected chi connectivity index (χ4v) is 3.22. The molecule has 9 nitrogen and oxygen atoms in total. The van der Waals surface area contributed by atoms with Gasteiger partial charge in [0.1, 0.15) is 0 Å². The zero-order valence-electron chi connectivity index (χ0n) is 15.7. The van der Waals surface area contributed by atoms with Crippen LogP contribution in [0.2, 0.25) is 0 Å². The maximum atomic E-state index is 12.5. The highest BCUT2D eigenvalue weighted by Crippen LogP contribution is 2.18. The molecule has 0 unspecified atom stereocenters. The lowest BCUT2D eigenvalue weighted by Gasteiger charge is -2.17. The van der Waals surface area contributed by atoms with Crippen LogP contribution in [0.5, 0.6) is 0 Å². The van der Waals surface area contributed by atoms with Gasteiger partial charge in [0.15, 0.2) is 0 Å². The van der Waals surface area contributed by atoms with Gasteiger partial charge in [0.25, 0.3) is 10.8 Å². The molecule has 1 amide bonds. The molecule has 0 spiro atoms. The van der Waals surface area contributed by atoms with Crippen LogP contribution < -0.4 is 11.2 Å². The molecule has 2 heterocycles. The van der Waals surface area contributed by atoms with Crippen molar-refractivity contribution in [1.29, 1.82) is 0 Å². The molecule has 2 aromatic heterocycles. The number of aromatic amines is 1. The van der Waals surface area contributed by atoms with Crippen molar-refractivity contribution in [2.75, 3.05) is 18.8 Å². The number of allylic oxidation sites excluding steroid dienone is 1. The van der Waals surface area contributed by atoms with Crippen LogP contribution in [-0.2, 0) is 17.8 Å². The van der Waals surface area contributed by atoms with Gasteiger partial charge in [0, 0.05) is 30.9 Å². The quantitative estimate of drug-likeness (QED) is 0.499. The zero-order valence-corrected chi connectivity index (χ0v) is 16.5. The highest BCUT2D eigenvalue weighted by molar-refractivity contribution is 7.99. The van der Waals surface area contributed by atoms with Crippen LogP contribution in [0.1, 0.15) is 31.0 Å². The first-order chi connectivity index (χ1) is 12.9. The van der Waals surface area contributed by atoms with Gasteiger partial charge in [-0.25, -0.2) is 4.79 Å². The largest absolute Gasteiger partial charge is 0.416 e. The number of H-pyrrole nitrogens is 1. The number of nitrogens with one attached hydrogen (secondary N) is 1. The van der Waals surface area contributed by atoms with E-state index in [1.807, 2.05) is 13.8 Å². The smallest absolute Gasteiger partial charge is 0.328 e. The number of aromatic nitrogens is 4. The minimum absolute atomic E-state index is 0.00598. The molecule has 2 rings (SSSR count). The average molecular weight is 393 g/mol. The number of nitrogens with zero attached hydrogens (tertiary/aromatic N) is 4. The van der Waals surface area contributed by atoms with E-state index in [9.17, 15) is 14.4 Å². The molecule has 0 radical (unpaired) electrons. The first kappa shape index (κ1) is 20.7. The van der Waals surface area contributed by atoms with Crippen LogP contribution in [0.15, 0.2) is 31.9 Å². The Morgan fingerprint density at radius 1 is 1.33 bits per heavy atom. The molecule has 0 atom stereocenters. The van der Waals surface area contributed by atoms with Crippen molar-refractivity contribution in [2.45, 2.75) is 39.0 Å². The summed E-state index contributed by atoms with van der Waals surface area (Å²) in [7, 11) is 0. The second kappa shape index (κ2) is 9.36. The summed E-state index contributed by atoms with van der Waals surface area (Å²) in [5, 5.41) is 8.10. The number of hydrogen-bond acceptors (Lipinski definition) is 7. The van der Waals surface area contributed by atoms with E-state index in [0.29, 0.717) is 24.3 Å². The summed E-state index contributed by atoms with van der Waals surface area (Å²) in [6.45, 7) is 10.4. The van der Waals surface area contributed by atoms with Crippen LogP contribution in [0.25, 0.3) is 0 Å². The molecule has 2 aromatic rings. The number of thioether (sulfide) groups is 1. The van der Waals surface area contributed by atoms with E-state index in [2.05, 4.69) is 21.8 Å². The van der Waals surface area contributed by atoms with Crippen molar-refractivity contribution in [3.8, 4) is 0 Å². The molecule has 0 saturated carbocycles. The summed E-state index contributed by atoms with van der Waals surface area (Å²) in [6.07, 6.45) is 1.57. The van der Waals surface area contributed by atoms with E-state index < -0.39 is 11.2 Å². The minimum Gasteiger partial charge on any atom is -0.416 e. The summed E-state index contributed by atoms with van der Waals surface area (Å²) in [6, 6.07) is 0. The van der Waals surface area contributed by atoms with Crippen molar-refractivity contribution >= 4 is 17.7 Å². The van der Waals surface area contributed by atoms with Crippen molar-refractivity contribution < 1.29 is 9.21 Å². The van der Waals surface area contributed by atoms with Crippen LogP contribution in [0.3, 0.4) is 0 Å². The Hall–Kier alpha value is -2.62. The number of hydrogen-bond donors (Lipinski definition) is 1. The van der Waals surface area contributed by atoms with Gasteiger partial charge in [-0.1, -0.05) is 17.8 Å². The molecule has 0 saturated heterocycles. The van der Waals surface area contributed by atoms with Crippen molar-refractivity contribution in [1.82, 2.24) is 24.6 Å². The second-order valence-electron chi connectivity index (χ2n) is 5.73. The monoisotopic (exact) mass is 393 g/mol. The predicted molar refractivity (Wildman–Crippen MR) is 102 cm³/mol. The van der Waals surface area contributed by atoms with Crippen LogP contribution in [0, 0.1) is 6.92 Å². The summed E-state index contributed by atoms with van der Waals surface area (Å²) in [5.41, 5.74) is -0.0802. The molecular weight excluding hydrogens is 370 g/mol. The molecule has 0 fully saturated rings. The lowest BCUT2D eigenvalue weighted by molar-refractivity contribution is -0.127. The van der Waals surface area contributed by atoms with E-state index in [1.165, 1.54) is 6.08 Å². The third-order valence-corrected chi connectivity index (χ3v) is 4.82. The second-order valence-corrected chi connectivity index (χ2v) is 6.66. The fraction of sp³-hybridized carbons (Fsp3) is 0.471. The van der Waals surface area contributed by atoms with E-state index in [4.69, 9.17) is 4.42 Å². The summed E-state index contributed by atoms with van der Waals surface area (Å²) >= 11 is 1.16. The van der Waals surface area contributed by atoms with E-state index in [-0.39, 0.29) is 35.7 Å². The van der Waals surface area contributed by atoms with Gasteiger partial charge >= 0.3 is 5.69 Å². The van der Waals surface area contributed by atoms with E-state index in [1.54, 1.807) is 11.8 Å². The van der Waals surface area contributed by atoms with Crippen molar-refractivity contribution in [3.05, 3.63) is 50.6 Å². The molecule has 146 valence electrons. The molecule has 0 aliphatic heterocycles. The van der Waals surface area contributed by atoms with Crippen molar-refractivity contribution in [3.63, 3.8) is 0 Å². The summed E-state index contributed by atoms with van der Waals surface area (Å²) in [4.78, 5) is 40.8. The van der Waals surface area contributed by atoms with Gasteiger partial charge in [0.05, 0.1) is 12.2 Å². The molecule has 0 aliphatic carbocycles. The third-order valence-electron chi connectivity index (χ3n) is 4.02.